The average molecular weight is 501 g/mol. The van der Waals surface area contributed by atoms with Crippen molar-refractivity contribution >= 4 is 29.0 Å². The van der Waals surface area contributed by atoms with Crippen LogP contribution in [-0.2, 0) is 4.79 Å². The molecule has 1 amide bonds. The summed E-state index contributed by atoms with van der Waals surface area (Å²) < 4.78 is 0. The van der Waals surface area contributed by atoms with Crippen molar-refractivity contribution in [1.29, 1.82) is 0 Å². The number of benzene rings is 1. The maximum absolute atomic E-state index is 12.6. The van der Waals surface area contributed by atoms with E-state index in [0.29, 0.717) is 24.2 Å². The van der Waals surface area contributed by atoms with E-state index >= 15 is 0 Å². The Bertz CT molecular complexity index is 1310. The molecule has 1 saturated carbocycles. The molecule has 1 aliphatic carbocycles. The van der Waals surface area contributed by atoms with Gasteiger partial charge in [0.25, 0.3) is 0 Å². The number of hydrogen-bond donors (Lipinski definition) is 3. The Morgan fingerprint density at radius 2 is 1.97 bits per heavy atom. The van der Waals surface area contributed by atoms with Crippen LogP contribution in [0, 0.1) is 19.8 Å². The third kappa shape index (κ3) is 5.28. The van der Waals surface area contributed by atoms with E-state index in [4.69, 9.17) is 5.73 Å². The minimum Gasteiger partial charge on any atom is -0.390 e. The zero-order valence-electron chi connectivity index (χ0n) is 22.6. The van der Waals surface area contributed by atoms with Gasteiger partial charge in [-0.15, -0.1) is 0 Å². The Morgan fingerprint density at radius 3 is 2.65 bits per heavy atom. The van der Waals surface area contributed by atoms with Crippen LogP contribution in [0.4, 0.5) is 5.82 Å². The maximum atomic E-state index is 12.6. The van der Waals surface area contributed by atoms with Gasteiger partial charge in [-0.2, -0.15) is 0 Å². The van der Waals surface area contributed by atoms with Crippen LogP contribution in [0.1, 0.15) is 73.6 Å². The molecule has 3 aromatic rings. The minimum absolute atomic E-state index is 0.245. The Hall–Kier alpha value is -3.19. The van der Waals surface area contributed by atoms with Gasteiger partial charge in [0.15, 0.2) is 5.82 Å². The zero-order chi connectivity index (χ0) is 26.1. The molecule has 0 unspecified atom stereocenters. The number of aliphatic imine (C=N–C) groups is 1. The average Bonchev–Trinajstić information content (AvgIpc) is 3.64. The Labute approximate surface area is 219 Å². The monoisotopic (exact) mass is 500 g/mol. The van der Waals surface area contributed by atoms with Gasteiger partial charge in [0.1, 0.15) is 0 Å². The second-order valence-corrected chi connectivity index (χ2v) is 11.1. The molecule has 37 heavy (non-hydrogen) atoms. The molecule has 0 atom stereocenters. The van der Waals surface area contributed by atoms with Gasteiger partial charge in [0, 0.05) is 35.8 Å². The fraction of sp³-hybridized carbons (Fsp3) is 0.500. The van der Waals surface area contributed by atoms with Crippen LogP contribution in [0.2, 0.25) is 0 Å². The topological polar surface area (TPSA) is 99.4 Å². The number of fused-ring (bicyclic) bond motifs is 1. The van der Waals surface area contributed by atoms with Crippen molar-refractivity contribution < 1.29 is 4.79 Å². The summed E-state index contributed by atoms with van der Waals surface area (Å²) >= 11 is 0. The highest BCUT2D eigenvalue weighted by atomic mass is 16.2. The molecule has 2 fully saturated rings. The number of H-pyrrole nitrogens is 1. The van der Waals surface area contributed by atoms with Gasteiger partial charge < -0.3 is 20.9 Å². The lowest BCUT2D eigenvalue weighted by Crippen LogP contribution is -2.42. The van der Waals surface area contributed by atoms with Crippen LogP contribution in [0.3, 0.4) is 0 Å². The Morgan fingerprint density at radius 1 is 1.22 bits per heavy atom. The molecule has 3 heterocycles. The number of amides is 1. The van der Waals surface area contributed by atoms with E-state index < -0.39 is 0 Å². The molecule has 0 spiro atoms. The first-order chi connectivity index (χ1) is 17.9. The largest absolute Gasteiger partial charge is 0.390 e. The second-order valence-electron chi connectivity index (χ2n) is 11.1. The molecule has 7 nitrogen and oxygen atoms in total. The predicted molar refractivity (Wildman–Crippen MR) is 152 cm³/mol. The molecule has 2 aromatic heterocycles. The summed E-state index contributed by atoms with van der Waals surface area (Å²) in [5.41, 5.74) is 13.8. The van der Waals surface area contributed by atoms with Gasteiger partial charge in [-0.3, -0.25) is 4.79 Å². The number of carbonyl (C=O) groups is 1. The quantitative estimate of drug-likeness (QED) is 0.289. The molecule has 7 heteroatoms. The number of piperidine rings is 1. The molecule has 0 bridgehead atoms. The van der Waals surface area contributed by atoms with Crippen molar-refractivity contribution in [2.24, 2.45) is 16.6 Å². The van der Waals surface area contributed by atoms with E-state index in [2.05, 4.69) is 59.2 Å². The molecule has 5 rings (SSSR count). The predicted octanol–water partition coefficient (Wildman–Crippen LogP) is 5.29. The van der Waals surface area contributed by atoms with E-state index in [9.17, 15) is 4.79 Å². The number of hydrogen-bond acceptors (Lipinski definition) is 4. The van der Waals surface area contributed by atoms with Crippen LogP contribution in [0.15, 0.2) is 29.4 Å². The van der Waals surface area contributed by atoms with E-state index in [-0.39, 0.29) is 5.91 Å². The number of pyridine rings is 1. The van der Waals surface area contributed by atoms with Crippen molar-refractivity contribution in [3.05, 3.63) is 46.6 Å². The van der Waals surface area contributed by atoms with Crippen LogP contribution in [0.25, 0.3) is 22.2 Å². The standard InChI is InChI=1S/C30H40N6O/c1-18(2)28-24-13-23(22-9-11-36(12-10-22)27(37)16-32-14-21-5-6-21)7-8-26(24)35-29(28)25-15-33-30(34-17-31)20(4)19(25)3/h7-8,13,15,17-18,21-22,32,35H,5-6,9-12,14,16H2,1-4H3,(H2,31,33,34). The molecule has 2 aliphatic rings. The van der Waals surface area contributed by atoms with Crippen LogP contribution in [0.5, 0.6) is 0 Å². The number of nitrogens with zero attached hydrogens (tertiary/aromatic N) is 3. The van der Waals surface area contributed by atoms with Gasteiger partial charge in [-0.25, -0.2) is 9.98 Å². The summed E-state index contributed by atoms with van der Waals surface area (Å²) in [6.45, 7) is 11.8. The minimum atomic E-state index is 0.245. The summed E-state index contributed by atoms with van der Waals surface area (Å²) in [5, 5.41) is 4.63. The third-order valence-electron chi connectivity index (χ3n) is 8.25. The van der Waals surface area contributed by atoms with Crippen LogP contribution >= 0.6 is 0 Å². The number of aromatic nitrogens is 2. The SMILES string of the molecule is Cc1c(-c2[nH]c3ccc(C4CCN(C(=O)CNCC5CC5)CC4)cc3c2C(C)C)cnc(N=CN)c1C. The fourth-order valence-electron chi connectivity index (χ4n) is 5.72. The van der Waals surface area contributed by atoms with Gasteiger partial charge in [-0.1, -0.05) is 19.9 Å². The summed E-state index contributed by atoms with van der Waals surface area (Å²) in [6.07, 6.45) is 7.85. The number of aromatic amines is 1. The van der Waals surface area contributed by atoms with Gasteiger partial charge in [0.05, 0.1) is 18.6 Å². The third-order valence-corrected chi connectivity index (χ3v) is 8.25. The molecule has 196 valence electrons. The highest BCUT2D eigenvalue weighted by molar-refractivity contribution is 5.92. The normalized spacial score (nSPS) is 16.9. The summed E-state index contributed by atoms with van der Waals surface area (Å²) in [7, 11) is 0. The first-order valence-corrected chi connectivity index (χ1v) is 13.7. The fourth-order valence-corrected chi connectivity index (χ4v) is 5.72. The van der Waals surface area contributed by atoms with Crippen molar-refractivity contribution in [3.8, 4) is 11.3 Å². The van der Waals surface area contributed by atoms with E-state index in [1.807, 2.05) is 18.0 Å². The smallest absolute Gasteiger partial charge is 0.236 e. The molecule has 0 radical (unpaired) electrons. The molecular formula is C30H40N6O. The number of nitrogens with one attached hydrogen (secondary N) is 2. The summed E-state index contributed by atoms with van der Waals surface area (Å²) in [6, 6.07) is 6.87. The molecular weight excluding hydrogens is 460 g/mol. The molecule has 1 aliphatic heterocycles. The number of carbonyl (C=O) groups excluding carboxylic acids is 1. The van der Waals surface area contributed by atoms with Gasteiger partial charge in [-0.05, 0) is 98.2 Å². The number of nitrogens with two attached hydrogens (primary N) is 1. The zero-order valence-corrected chi connectivity index (χ0v) is 22.6. The van der Waals surface area contributed by atoms with Crippen LogP contribution < -0.4 is 11.1 Å². The summed E-state index contributed by atoms with van der Waals surface area (Å²) in [5.74, 6) is 2.53. The lowest BCUT2D eigenvalue weighted by molar-refractivity contribution is -0.131. The highest BCUT2D eigenvalue weighted by Gasteiger charge is 2.26. The van der Waals surface area contributed by atoms with Crippen LogP contribution in [-0.4, -0.2) is 53.3 Å². The van der Waals surface area contributed by atoms with Crippen molar-refractivity contribution in [3.63, 3.8) is 0 Å². The Kier molecular flexibility index (Phi) is 7.33. The lowest BCUT2D eigenvalue weighted by atomic mass is 9.87. The molecule has 4 N–H and O–H groups in total. The maximum Gasteiger partial charge on any atom is 0.236 e. The van der Waals surface area contributed by atoms with Gasteiger partial charge in [0.2, 0.25) is 5.91 Å². The van der Waals surface area contributed by atoms with E-state index in [0.717, 1.165) is 66.3 Å². The van der Waals surface area contributed by atoms with Crippen molar-refractivity contribution in [1.82, 2.24) is 20.2 Å². The van der Waals surface area contributed by atoms with Crippen molar-refractivity contribution in [2.45, 2.75) is 65.2 Å². The first-order valence-electron chi connectivity index (χ1n) is 13.7. The number of rotatable bonds is 8. The highest BCUT2D eigenvalue weighted by Crippen LogP contribution is 2.40. The lowest BCUT2D eigenvalue weighted by Gasteiger charge is -2.32. The van der Waals surface area contributed by atoms with Gasteiger partial charge >= 0.3 is 0 Å². The number of likely N-dealkylation sites (tertiary alicyclic amines) is 1. The Balaban J connectivity index is 1.37. The summed E-state index contributed by atoms with van der Waals surface area (Å²) in [4.78, 5) is 27.2. The molecule has 1 aromatic carbocycles. The van der Waals surface area contributed by atoms with E-state index in [1.54, 1.807) is 0 Å². The second kappa shape index (κ2) is 10.7. The van der Waals surface area contributed by atoms with Crippen molar-refractivity contribution in [2.75, 3.05) is 26.2 Å². The molecule has 1 saturated heterocycles. The first kappa shape index (κ1) is 25.5. The van der Waals surface area contributed by atoms with E-state index in [1.165, 1.54) is 35.7 Å².